The number of carbonyl (C=O) groups is 2. The molecule has 0 aliphatic rings. The lowest BCUT2D eigenvalue weighted by atomic mass is 10.0. The van der Waals surface area contributed by atoms with E-state index >= 15 is 0 Å². The van der Waals surface area contributed by atoms with Crippen LogP contribution in [0.4, 0.5) is 0 Å². The van der Waals surface area contributed by atoms with Crippen LogP contribution in [0.3, 0.4) is 0 Å². The fraction of sp³-hybridized carbons (Fsp3) is 0.486. The fourth-order valence-electron chi connectivity index (χ4n) is 5.24. The van der Waals surface area contributed by atoms with E-state index in [1.165, 1.54) is 81.9 Å². The van der Waals surface area contributed by atoms with Crippen LogP contribution in [0.5, 0.6) is 5.75 Å². The second-order valence-corrected chi connectivity index (χ2v) is 11.9. The van der Waals surface area contributed by atoms with E-state index < -0.39 is 5.91 Å². The molecule has 0 radical (unpaired) electrons. The predicted molar refractivity (Wildman–Crippen MR) is 176 cm³/mol. The number of imide groups is 1. The summed E-state index contributed by atoms with van der Waals surface area (Å²) in [7, 11) is 1.89. The van der Waals surface area contributed by atoms with E-state index in [0.717, 1.165) is 18.5 Å². The summed E-state index contributed by atoms with van der Waals surface area (Å²) in [4.78, 5) is 28.3. The predicted octanol–water partition coefficient (Wildman–Crippen LogP) is 9.51. The minimum Gasteiger partial charge on any atom is -0.492 e. The van der Waals surface area contributed by atoms with Crippen LogP contribution < -0.4 is 9.30 Å². The second-order valence-electron chi connectivity index (χ2n) is 11.5. The van der Waals surface area contributed by atoms with Crippen molar-refractivity contribution >= 4 is 23.4 Å². The molecule has 43 heavy (non-hydrogen) atoms. The molecule has 3 aromatic rings. The number of amides is 2. The Morgan fingerprint density at radius 1 is 0.698 bits per heavy atom. The number of carbonyl (C=O) groups excluding carboxylic acids is 2. The van der Waals surface area contributed by atoms with E-state index in [9.17, 15) is 9.59 Å². The number of rotatable bonds is 20. The number of aryl methyl sites for hydroxylation is 1. The Bertz CT molecular complexity index is 1250. The lowest BCUT2D eigenvalue weighted by molar-refractivity contribution is -0.679. The van der Waals surface area contributed by atoms with Crippen LogP contribution >= 0.6 is 11.6 Å². The van der Waals surface area contributed by atoms with Crippen molar-refractivity contribution in [1.29, 1.82) is 0 Å². The third kappa shape index (κ3) is 12.1. The SMILES string of the molecule is CCCCCCCCCCCCCCCCOc1ccc(C(=O)N(Cc2cccc[n+]2C)C(=O)c2ccccc2)cc1Cl. The van der Waals surface area contributed by atoms with Gasteiger partial charge in [-0.3, -0.25) is 14.5 Å². The standard InChI is InChI=1S/C37H50ClN2O3/c1-3-4-5-6-7-8-9-10-11-12-13-14-15-21-28-43-35-26-25-32(29-34(35)38)37(42)40(30-33-24-19-20-27-39(33)2)36(41)31-22-17-16-18-23-31/h16-20,22-27,29H,3-15,21,28,30H2,1-2H3/q+1. The Balaban J connectivity index is 1.43. The largest absolute Gasteiger partial charge is 0.492 e. The third-order valence-corrected chi connectivity index (χ3v) is 8.22. The van der Waals surface area contributed by atoms with Crippen LogP contribution in [-0.2, 0) is 13.6 Å². The highest BCUT2D eigenvalue weighted by molar-refractivity contribution is 6.32. The summed E-state index contributed by atoms with van der Waals surface area (Å²) in [6.07, 6.45) is 20.3. The molecule has 5 nitrogen and oxygen atoms in total. The van der Waals surface area contributed by atoms with E-state index in [1.807, 2.05) is 42.1 Å². The number of hydrogen-bond acceptors (Lipinski definition) is 3. The van der Waals surface area contributed by atoms with Gasteiger partial charge in [0.15, 0.2) is 6.20 Å². The molecule has 1 heterocycles. The van der Waals surface area contributed by atoms with Gasteiger partial charge in [0.25, 0.3) is 11.8 Å². The summed E-state index contributed by atoms with van der Waals surface area (Å²) in [5.74, 6) is -0.204. The van der Waals surface area contributed by atoms with Gasteiger partial charge in [0.05, 0.1) is 11.6 Å². The number of ether oxygens (including phenoxy) is 1. The molecule has 0 N–H and O–H groups in total. The minimum atomic E-state index is -0.405. The maximum atomic E-state index is 13.6. The van der Waals surface area contributed by atoms with Gasteiger partial charge >= 0.3 is 0 Å². The Morgan fingerprint density at radius 3 is 1.84 bits per heavy atom. The number of unbranched alkanes of at least 4 members (excludes halogenated alkanes) is 13. The molecule has 2 amide bonds. The number of hydrogen-bond donors (Lipinski definition) is 0. The minimum absolute atomic E-state index is 0.138. The highest BCUT2D eigenvalue weighted by atomic mass is 35.5. The Hall–Kier alpha value is -3.18. The van der Waals surface area contributed by atoms with Gasteiger partial charge in [-0.2, -0.15) is 0 Å². The molecular weight excluding hydrogens is 556 g/mol. The van der Waals surface area contributed by atoms with Crippen molar-refractivity contribution in [2.45, 2.75) is 103 Å². The molecule has 0 aliphatic carbocycles. The quantitative estimate of drug-likeness (QED) is 0.0732. The molecule has 232 valence electrons. The van der Waals surface area contributed by atoms with E-state index in [2.05, 4.69) is 6.92 Å². The smallest absolute Gasteiger partial charge is 0.261 e. The molecule has 1 aromatic heterocycles. The number of pyridine rings is 1. The monoisotopic (exact) mass is 605 g/mol. The zero-order valence-electron chi connectivity index (χ0n) is 26.2. The number of nitrogens with zero attached hydrogens (tertiary/aromatic N) is 2. The van der Waals surface area contributed by atoms with E-state index in [0.29, 0.717) is 28.5 Å². The first-order valence-corrected chi connectivity index (χ1v) is 16.7. The molecule has 0 unspecified atom stereocenters. The Labute approximate surface area is 264 Å². The maximum absolute atomic E-state index is 13.6. The molecule has 0 fully saturated rings. The number of aromatic nitrogens is 1. The van der Waals surface area contributed by atoms with Gasteiger partial charge < -0.3 is 4.74 Å². The average Bonchev–Trinajstić information content (AvgIpc) is 3.03. The van der Waals surface area contributed by atoms with Crippen molar-refractivity contribution in [3.05, 3.63) is 94.8 Å². The second kappa shape index (κ2) is 19.9. The summed E-state index contributed by atoms with van der Waals surface area (Å²) in [5.41, 5.74) is 1.63. The van der Waals surface area contributed by atoms with Crippen LogP contribution in [0.1, 0.15) is 123 Å². The van der Waals surface area contributed by atoms with Crippen molar-refractivity contribution in [2.24, 2.45) is 7.05 Å². The molecule has 0 bridgehead atoms. The first kappa shape index (κ1) is 34.3. The molecule has 0 aliphatic heterocycles. The Morgan fingerprint density at radius 2 is 1.26 bits per heavy atom. The van der Waals surface area contributed by atoms with Crippen molar-refractivity contribution < 1.29 is 18.9 Å². The van der Waals surface area contributed by atoms with Crippen LogP contribution in [0.25, 0.3) is 0 Å². The summed E-state index contributed by atoms with van der Waals surface area (Å²) >= 11 is 6.54. The van der Waals surface area contributed by atoms with E-state index in [1.54, 1.807) is 42.5 Å². The molecule has 0 atom stereocenters. The maximum Gasteiger partial charge on any atom is 0.261 e. The van der Waals surface area contributed by atoms with Crippen molar-refractivity contribution in [1.82, 2.24) is 4.90 Å². The first-order valence-electron chi connectivity index (χ1n) is 16.3. The van der Waals surface area contributed by atoms with Gasteiger partial charge in [0.1, 0.15) is 19.3 Å². The Kier molecular flexibility index (Phi) is 15.9. The molecule has 6 heteroatoms. The summed E-state index contributed by atoms with van der Waals surface area (Å²) in [6.45, 7) is 3.00. The molecule has 0 saturated heterocycles. The van der Waals surface area contributed by atoms with Crippen LogP contribution in [-0.4, -0.2) is 23.3 Å². The van der Waals surface area contributed by atoms with Gasteiger partial charge in [-0.25, -0.2) is 4.57 Å². The summed E-state index contributed by atoms with van der Waals surface area (Å²) < 4.78 is 7.84. The van der Waals surface area contributed by atoms with Crippen LogP contribution in [0.15, 0.2) is 72.9 Å². The number of benzene rings is 2. The van der Waals surface area contributed by atoms with E-state index in [4.69, 9.17) is 16.3 Å². The van der Waals surface area contributed by atoms with Crippen molar-refractivity contribution in [2.75, 3.05) is 6.61 Å². The normalized spacial score (nSPS) is 11.0. The molecule has 2 aromatic carbocycles. The zero-order chi connectivity index (χ0) is 30.7. The highest BCUT2D eigenvalue weighted by Crippen LogP contribution is 2.27. The fourth-order valence-corrected chi connectivity index (χ4v) is 5.48. The molecule has 3 rings (SSSR count). The molecular formula is C37H50ClN2O3+. The summed E-state index contributed by atoms with van der Waals surface area (Å²) in [6, 6.07) is 19.6. The van der Waals surface area contributed by atoms with Crippen LogP contribution in [0.2, 0.25) is 5.02 Å². The summed E-state index contributed by atoms with van der Waals surface area (Å²) in [5, 5.41) is 0.369. The van der Waals surface area contributed by atoms with Gasteiger partial charge in [0, 0.05) is 23.3 Å². The number of halogens is 1. The lowest BCUT2D eigenvalue weighted by Gasteiger charge is -2.20. The van der Waals surface area contributed by atoms with Gasteiger partial charge in [-0.1, -0.05) is 126 Å². The zero-order valence-corrected chi connectivity index (χ0v) is 27.0. The topological polar surface area (TPSA) is 50.5 Å². The third-order valence-electron chi connectivity index (χ3n) is 7.93. The van der Waals surface area contributed by atoms with Crippen molar-refractivity contribution in [3.8, 4) is 5.75 Å². The first-order chi connectivity index (χ1) is 21.0. The van der Waals surface area contributed by atoms with Gasteiger partial charge in [-0.15, -0.1) is 0 Å². The molecule has 0 spiro atoms. The van der Waals surface area contributed by atoms with Gasteiger partial charge in [0.2, 0.25) is 5.69 Å². The van der Waals surface area contributed by atoms with Crippen molar-refractivity contribution in [3.63, 3.8) is 0 Å². The van der Waals surface area contributed by atoms with Gasteiger partial charge in [-0.05, 0) is 36.8 Å². The van der Waals surface area contributed by atoms with Crippen LogP contribution in [0, 0.1) is 0 Å². The van der Waals surface area contributed by atoms with E-state index in [-0.39, 0.29) is 12.5 Å². The molecule has 0 saturated carbocycles. The lowest BCUT2D eigenvalue weighted by Crippen LogP contribution is -2.42. The average molecular weight is 606 g/mol. The highest BCUT2D eigenvalue weighted by Gasteiger charge is 2.27.